The fourth-order valence-corrected chi connectivity index (χ4v) is 2.72. The quantitative estimate of drug-likeness (QED) is 0.770. The standard InChI is InChI=1S/C16H15NO3S/c1-10(18)7-12-3-5-13(6-4-12)15(20)8-16-17-14(9-21-16)11(2)19/h3-6,9H,7-8H2,1-2H3. The van der Waals surface area contributed by atoms with E-state index in [4.69, 9.17) is 0 Å². The third-order valence-corrected chi connectivity index (χ3v) is 3.80. The number of hydrogen-bond donors (Lipinski definition) is 0. The Morgan fingerprint density at radius 1 is 1.05 bits per heavy atom. The van der Waals surface area contributed by atoms with Crippen LogP contribution < -0.4 is 0 Å². The van der Waals surface area contributed by atoms with Crippen molar-refractivity contribution in [1.82, 2.24) is 4.98 Å². The van der Waals surface area contributed by atoms with Gasteiger partial charge in [-0.2, -0.15) is 0 Å². The highest BCUT2D eigenvalue weighted by molar-refractivity contribution is 7.10. The first-order valence-electron chi connectivity index (χ1n) is 6.52. The summed E-state index contributed by atoms with van der Waals surface area (Å²) in [5, 5.41) is 2.30. The highest BCUT2D eigenvalue weighted by Crippen LogP contribution is 2.14. The molecule has 0 bridgehead atoms. The molecule has 0 unspecified atom stereocenters. The molecule has 0 radical (unpaired) electrons. The number of carbonyl (C=O) groups is 3. The van der Waals surface area contributed by atoms with Gasteiger partial charge in [0.05, 0.1) is 6.42 Å². The molecule has 0 amide bonds. The second-order valence-corrected chi connectivity index (χ2v) is 5.80. The van der Waals surface area contributed by atoms with Crippen LogP contribution in [0, 0.1) is 0 Å². The van der Waals surface area contributed by atoms with Crippen molar-refractivity contribution in [3.05, 3.63) is 51.5 Å². The molecule has 1 heterocycles. The van der Waals surface area contributed by atoms with E-state index in [1.165, 1.54) is 25.2 Å². The minimum absolute atomic E-state index is 0.0474. The van der Waals surface area contributed by atoms with Crippen molar-refractivity contribution in [3.63, 3.8) is 0 Å². The monoisotopic (exact) mass is 301 g/mol. The van der Waals surface area contributed by atoms with Gasteiger partial charge in [-0.15, -0.1) is 11.3 Å². The lowest BCUT2D eigenvalue weighted by molar-refractivity contribution is -0.116. The third kappa shape index (κ3) is 4.16. The molecule has 0 fully saturated rings. The Bertz CT molecular complexity index is 686. The molecular formula is C16H15NO3S. The summed E-state index contributed by atoms with van der Waals surface area (Å²) in [5.74, 6) is -0.0546. The number of hydrogen-bond acceptors (Lipinski definition) is 5. The molecule has 0 aliphatic carbocycles. The zero-order valence-electron chi connectivity index (χ0n) is 11.9. The molecule has 0 N–H and O–H groups in total. The van der Waals surface area contributed by atoms with Crippen LogP contribution in [-0.2, 0) is 17.6 Å². The van der Waals surface area contributed by atoms with Crippen LogP contribution in [0.1, 0.15) is 45.3 Å². The summed E-state index contributed by atoms with van der Waals surface area (Å²) in [6.45, 7) is 2.99. The normalized spacial score (nSPS) is 10.4. The Hall–Kier alpha value is -2.14. The molecule has 0 aliphatic rings. The second kappa shape index (κ2) is 6.54. The van der Waals surface area contributed by atoms with E-state index in [0.717, 1.165) is 5.56 Å². The summed E-state index contributed by atoms with van der Waals surface area (Å²) in [5.41, 5.74) is 1.88. The summed E-state index contributed by atoms with van der Waals surface area (Å²) >= 11 is 1.32. The molecule has 0 saturated heterocycles. The molecule has 2 rings (SSSR count). The van der Waals surface area contributed by atoms with Gasteiger partial charge in [0.25, 0.3) is 0 Å². The van der Waals surface area contributed by atoms with E-state index in [1.807, 2.05) is 0 Å². The lowest BCUT2D eigenvalue weighted by Crippen LogP contribution is -2.04. The molecule has 0 spiro atoms. The maximum atomic E-state index is 12.1. The Balaban J connectivity index is 2.05. The number of thiazole rings is 1. The SMILES string of the molecule is CC(=O)Cc1ccc(C(=O)Cc2nc(C(C)=O)cs2)cc1. The largest absolute Gasteiger partial charge is 0.300 e. The van der Waals surface area contributed by atoms with Crippen LogP contribution in [0.3, 0.4) is 0 Å². The first kappa shape index (κ1) is 15.3. The molecule has 108 valence electrons. The van der Waals surface area contributed by atoms with Crippen LogP contribution in [-0.4, -0.2) is 22.3 Å². The summed E-state index contributed by atoms with van der Waals surface area (Å²) in [6.07, 6.45) is 0.562. The van der Waals surface area contributed by atoms with Gasteiger partial charge in [0.15, 0.2) is 11.6 Å². The number of ketones is 3. The van der Waals surface area contributed by atoms with E-state index in [2.05, 4.69) is 4.98 Å². The Morgan fingerprint density at radius 3 is 2.24 bits per heavy atom. The van der Waals surface area contributed by atoms with Gasteiger partial charge in [0.1, 0.15) is 16.5 Å². The zero-order valence-corrected chi connectivity index (χ0v) is 12.7. The maximum absolute atomic E-state index is 12.1. The predicted molar refractivity (Wildman–Crippen MR) is 81.0 cm³/mol. The molecule has 5 heteroatoms. The summed E-state index contributed by atoms with van der Waals surface area (Å²) in [6, 6.07) is 7.02. The first-order chi connectivity index (χ1) is 9.95. The number of benzene rings is 1. The summed E-state index contributed by atoms with van der Waals surface area (Å²) in [4.78, 5) is 38.5. The summed E-state index contributed by atoms with van der Waals surface area (Å²) < 4.78 is 0. The predicted octanol–water partition coefficient (Wildman–Crippen LogP) is 2.90. The van der Waals surface area contributed by atoms with Crippen molar-refractivity contribution in [2.45, 2.75) is 26.7 Å². The van der Waals surface area contributed by atoms with E-state index in [1.54, 1.807) is 29.6 Å². The van der Waals surface area contributed by atoms with Crippen molar-refractivity contribution in [2.24, 2.45) is 0 Å². The molecule has 1 aromatic heterocycles. The van der Waals surface area contributed by atoms with Crippen LogP contribution in [0.2, 0.25) is 0 Å². The van der Waals surface area contributed by atoms with E-state index in [-0.39, 0.29) is 23.8 Å². The molecule has 1 aromatic carbocycles. The Labute approximate surface area is 126 Å². The minimum atomic E-state index is -0.0986. The Morgan fingerprint density at radius 2 is 1.71 bits per heavy atom. The molecule has 0 saturated carbocycles. The van der Waals surface area contributed by atoms with Gasteiger partial charge >= 0.3 is 0 Å². The van der Waals surface area contributed by atoms with E-state index in [9.17, 15) is 14.4 Å². The van der Waals surface area contributed by atoms with Crippen molar-refractivity contribution in [3.8, 4) is 0 Å². The van der Waals surface area contributed by atoms with Gasteiger partial charge in [0.2, 0.25) is 0 Å². The van der Waals surface area contributed by atoms with Crippen molar-refractivity contribution < 1.29 is 14.4 Å². The van der Waals surface area contributed by atoms with Crippen molar-refractivity contribution >= 4 is 28.7 Å². The van der Waals surface area contributed by atoms with Crippen molar-refractivity contribution in [2.75, 3.05) is 0 Å². The van der Waals surface area contributed by atoms with Crippen LogP contribution in [0.5, 0.6) is 0 Å². The van der Waals surface area contributed by atoms with Crippen LogP contribution in [0.4, 0.5) is 0 Å². The molecule has 21 heavy (non-hydrogen) atoms. The van der Waals surface area contributed by atoms with Gasteiger partial charge in [0, 0.05) is 24.3 Å². The Kier molecular flexibility index (Phi) is 4.75. The van der Waals surface area contributed by atoms with Crippen LogP contribution in [0.25, 0.3) is 0 Å². The van der Waals surface area contributed by atoms with Gasteiger partial charge in [-0.25, -0.2) is 4.98 Å². The van der Waals surface area contributed by atoms with Crippen molar-refractivity contribution in [1.29, 1.82) is 0 Å². The lowest BCUT2D eigenvalue weighted by atomic mass is 10.0. The van der Waals surface area contributed by atoms with Crippen LogP contribution >= 0.6 is 11.3 Å². The second-order valence-electron chi connectivity index (χ2n) is 4.86. The molecule has 4 nitrogen and oxygen atoms in total. The zero-order chi connectivity index (χ0) is 15.4. The fourth-order valence-electron chi connectivity index (χ4n) is 1.89. The van der Waals surface area contributed by atoms with Gasteiger partial charge < -0.3 is 0 Å². The van der Waals surface area contributed by atoms with E-state index >= 15 is 0 Å². The average molecular weight is 301 g/mol. The fraction of sp³-hybridized carbons (Fsp3) is 0.250. The highest BCUT2D eigenvalue weighted by Gasteiger charge is 2.12. The maximum Gasteiger partial charge on any atom is 0.178 e. The smallest absolute Gasteiger partial charge is 0.178 e. The number of aromatic nitrogens is 1. The first-order valence-corrected chi connectivity index (χ1v) is 7.40. The molecular weight excluding hydrogens is 286 g/mol. The number of Topliss-reactive ketones (excluding diaryl/α,β-unsaturated/α-hetero) is 3. The number of carbonyl (C=O) groups excluding carboxylic acids is 3. The van der Waals surface area contributed by atoms with E-state index < -0.39 is 0 Å². The molecule has 0 atom stereocenters. The topological polar surface area (TPSA) is 64.1 Å². The van der Waals surface area contributed by atoms with Gasteiger partial charge in [-0.05, 0) is 12.5 Å². The highest BCUT2D eigenvalue weighted by atomic mass is 32.1. The number of nitrogens with zero attached hydrogens (tertiary/aromatic N) is 1. The molecule has 2 aromatic rings. The van der Waals surface area contributed by atoms with Gasteiger partial charge in [-0.1, -0.05) is 24.3 Å². The average Bonchev–Trinajstić information content (AvgIpc) is 2.87. The lowest BCUT2D eigenvalue weighted by Gasteiger charge is -2.01. The third-order valence-electron chi connectivity index (χ3n) is 2.95. The van der Waals surface area contributed by atoms with Gasteiger partial charge in [-0.3, -0.25) is 14.4 Å². The minimum Gasteiger partial charge on any atom is -0.300 e. The number of rotatable bonds is 6. The van der Waals surface area contributed by atoms with Crippen LogP contribution in [0.15, 0.2) is 29.6 Å². The molecule has 0 aliphatic heterocycles. The van der Waals surface area contributed by atoms with E-state index in [0.29, 0.717) is 22.7 Å². The summed E-state index contributed by atoms with van der Waals surface area (Å²) in [7, 11) is 0.